The van der Waals surface area contributed by atoms with Crippen molar-refractivity contribution in [1.82, 2.24) is 0 Å². The lowest BCUT2D eigenvalue weighted by Crippen LogP contribution is -2.00. The van der Waals surface area contributed by atoms with Gasteiger partial charge in [-0.2, -0.15) is 4.21 Å². The lowest BCUT2D eigenvalue weighted by atomic mass is 10.5. The highest BCUT2D eigenvalue weighted by molar-refractivity contribution is 7.75. The molecule has 0 aromatic rings. The van der Waals surface area contributed by atoms with E-state index in [1.54, 1.807) is 0 Å². The van der Waals surface area contributed by atoms with E-state index in [1.165, 1.54) is 0 Å². The summed E-state index contributed by atoms with van der Waals surface area (Å²) in [4.78, 5) is 0. The van der Waals surface area contributed by atoms with Crippen molar-refractivity contribution in [3.63, 3.8) is 0 Å². The molecule has 1 aliphatic rings. The van der Waals surface area contributed by atoms with Crippen LogP contribution in [0, 0.1) is 0 Å². The van der Waals surface area contributed by atoms with Crippen molar-refractivity contribution in [2.24, 2.45) is 0 Å². The summed E-state index contributed by atoms with van der Waals surface area (Å²) in [5, 5.41) is 0. The summed E-state index contributed by atoms with van der Waals surface area (Å²) in [6.07, 6.45) is 0.000772. The van der Waals surface area contributed by atoms with Gasteiger partial charge in [0.2, 0.25) is 0 Å². The minimum Gasteiger partial charge on any atom is -0.266 e. The van der Waals surface area contributed by atoms with Crippen LogP contribution in [0.15, 0.2) is 0 Å². The van der Waals surface area contributed by atoms with Crippen LogP contribution in [0.5, 0.6) is 0 Å². The SMILES string of the molecule is C[C@H]1COS(=O)O1. The van der Waals surface area contributed by atoms with Crippen molar-refractivity contribution in [3.8, 4) is 0 Å². The summed E-state index contributed by atoms with van der Waals surface area (Å²) in [7, 11) is 0. The Kier molecular flexibility index (Phi) is 1.41. The van der Waals surface area contributed by atoms with Crippen molar-refractivity contribution in [1.29, 1.82) is 0 Å². The molecular weight excluding hydrogens is 116 g/mol. The van der Waals surface area contributed by atoms with Crippen LogP contribution in [0.1, 0.15) is 6.92 Å². The molecule has 0 aromatic carbocycles. The van der Waals surface area contributed by atoms with Gasteiger partial charge in [-0.15, -0.1) is 0 Å². The fourth-order valence-electron chi connectivity index (χ4n) is 0.341. The van der Waals surface area contributed by atoms with E-state index in [0.717, 1.165) is 0 Å². The summed E-state index contributed by atoms with van der Waals surface area (Å²) in [5.41, 5.74) is 0. The van der Waals surface area contributed by atoms with Gasteiger partial charge in [-0.05, 0) is 6.92 Å². The predicted molar refractivity (Wildman–Crippen MR) is 24.6 cm³/mol. The Balaban J connectivity index is 2.40. The fourth-order valence-corrected chi connectivity index (χ4v) is 1.02. The van der Waals surface area contributed by atoms with E-state index < -0.39 is 11.4 Å². The Morgan fingerprint density at radius 3 is 2.71 bits per heavy atom. The van der Waals surface area contributed by atoms with Crippen LogP contribution in [0.3, 0.4) is 0 Å². The summed E-state index contributed by atoms with van der Waals surface area (Å²) in [5.74, 6) is 0. The van der Waals surface area contributed by atoms with E-state index in [2.05, 4.69) is 8.37 Å². The Bertz CT molecular complexity index is 92.2. The molecule has 1 aliphatic heterocycles. The van der Waals surface area contributed by atoms with E-state index in [4.69, 9.17) is 0 Å². The molecule has 0 aliphatic carbocycles. The Morgan fingerprint density at radius 2 is 2.57 bits per heavy atom. The average molecular weight is 122 g/mol. The minimum absolute atomic E-state index is 0.000772. The molecule has 4 heteroatoms. The topological polar surface area (TPSA) is 35.5 Å². The quantitative estimate of drug-likeness (QED) is 0.453. The maximum Gasteiger partial charge on any atom is 0.305 e. The van der Waals surface area contributed by atoms with Gasteiger partial charge in [0.05, 0.1) is 12.7 Å². The van der Waals surface area contributed by atoms with Gasteiger partial charge in [0, 0.05) is 0 Å². The van der Waals surface area contributed by atoms with Crippen LogP contribution in [-0.4, -0.2) is 16.9 Å². The van der Waals surface area contributed by atoms with Crippen LogP contribution < -0.4 is 0 Å². The van der Waals surface area contributed by atoms with Gasteiger partial charge >= 0.3 is 11.4 Å². The first-order valence-electron chi connectivity index (χ1n) is 2.01. The van der Waals surface area contributed by atoms with Gasteiger partial charge in [0.15, 0.2) is 0 Å². The average Bonchev–Trinajstić information content (AvgIpc) is 1.87. The monoisotopic (exact) mass is 122 g/mol. The fraction of sp³-hybridized carbons (Fsp3) is 1.00. The summed E-state index contributed by atoms with van der Waals surface area (Å²) >= 11 is -1.45. The highest BCUT2D eigenvalue weighted by Crippen LogP contribution is 2.05. The van der Waals surface area contributed by atoms with Crippen LogP contribution in [-0.2, 0) is 19.7 Å². The van der Waals surface area contributed by atoms with Gasteiger partial charge in [-0.25, -0.2) is 0 Å². The standard InChI is InChI=1S/C3H6O3S/c1-3-2-5-7(4)6-3/h3H,2H2,1H3/t3-,7?/m0/s1. The van der Waals surface area contributed by atoms with Gasteiger partial charge < -0.3 is 0 Å². The molecule has 2 atom stereocenters. The Hall–Kier alpha value is 0.0700. The molecule has 0 amide bonds. The van der Waals surface area contributed by atoms with E-state index in [9.17, 15) is 4.21 Å². The van der Waals surface area contributed by atoms with Crippen LogP contribution in [0.25, 0.3) is 0 Å². The zero-order valence-electron chi connectivity index (χ0n) is 3.92. The van der Waals surface area contributed by atoms with Crippen LogP contribution in [0.2, 0.25) is 0 Å². The van der Waals surface area contributed by atoms with Crippen molar-refractivity contribution < 1.29 is 12.6 Å². The molecule has 7 heavy (non-hydrogen) atoms. The second-order valence-electron chi connectivity index (χ2n) is 1.40. The lowest BCUT2D eigenvalue weighted by Gasteiger charge is -1.88. The Morgan fingerprint density at radius 1 is 1.86 bits per heavy atom. The highest BCUT2D eigenvalue weighted by atomic mass is 32.2. The third kappa shape index (κ3) is 1.22. The normalized spacial score (nSPS) is 41.9. The van der Waals surface area contributed by atoms with Gasteiger partial charge in [-0.3, -0.25) is 8.37 Å². The molecule has 0 saturated carbocycles. The second-order valence-corrected chi connectivity index (χ2v) is 2.23. The summed E-state index contributed by atoms with van der Waals surface area (Å²) in [6, 6.07) is 0. The molecule has 1 saturated heterocycles. The summed E-state index contributed by atoms with van der Waals surface area (Å²) < 4.78 is 19.2. The molecule has 1 unspecified atom stereocenters. The van der Waals surface area contributed by atoms with E-state index in [0.29, 0.717) is 6.61 Å². The first-order valence-corrected chi connectivity index (χ1v) is 3.01. The number of hydrogen-bond acceptors (Lipinski definition) is 3. The molecule has 0 bridgehead atoms. The predicted octanol–water partition coefficient (Wildman–Crippen LogP) is 0.000400. The van der Waals surface area contributed by atoms with E-state index in [-0.39, 0.29) is 6.10 Å². The molecule has 1 heterocycles. The minimum atomic E-state index is -1.45. The van der Waals surface area contributed by atoms with Gasteiger partial charge in [0.1, 0.15) is 0 Å². The third-order valence-electron chi connectivity index (χ3n) is 0.642. The first-order chi connectivity index (χ1) is 3.29. The maximum absolute atomic E-state index is 10.1. The molecule has 3 nitrogen and oxygen atoms in total. The highest BCUT2D eigenvalue weighted by Gasteiger charge is 2.17. The van der Waals surface area contributed by atoms with Crippen LogP contribution in [0.4, 0.5) is 0 Å². The molecule has 0 aromatic heterocycles. The second kappa shape index (κ2) is 1.90. The first kappa shape index (κ1) is 5.21. The molecule has 0 spiro atoms. The lowest BCUT2D eigenvalue weighted by molar-refractivity contribution is 0.262. The zero-order chi connectivity index (χ0) is 5.28. The third-order valence-corrected chi connectivity index (χ3v) is 1.46. The van der Waals surface area contributed by atoms with Crippen molar-refractivity contribution in [2.75, 3.05) is 6.61 Å². The summed E-state index contributed by atoms with van der Waals surface area (Å²) in [6.45, 7) is 2.26. The molecular formula is C3H6O3S. The number of rotatable bonds is 0. The van der Waals surface area contributed by atoms with Gasteiger partial charge in [-0.1, -0.05) is 0 Å². The van der Waals surface area contributed by atoms with Crippen molar-refractivity contribution in [2.45, 2.75) is 13.0 Å². The van der Waals surface area contributed by atoms with Crippen molar-refractivity contribution in [3.05, 3.63) is 0 Å². The molecule has 42 valence electrons. The van der Waals surface area contributed by atoms with Crippen LogP contribution >= 0.6 is 0 Å². The van der Waals surface area contributed by atoms with E-state index in [1.807, 2.05) is 6.92 Å². The molecule has 0 N–H and O–H groups in total. The molecule has 0 radical (unpaired) electrons. The van der Waals surface area contributed by atoms with E-state index >= 15 is 0 Å². The maximum atomic E-state index is 10.1. The largest absolute Gasteiger partial charge is 0.305 e. The Labute approximate surface area is 44.5 Å². The molecule has 1 rings (SSSR count). The zero-order valence-corrected chi connectivity index (χ0v) is 4.73. The molecule has 1 fully saturated rings. The number of hydrogen-bond donors (Lipinski definition) is 0. The van der Waals surface area contributed by atoms with Crippen molar-refractivity contribution >= 4 is 11.4 Å². The van der Waals surface area contributed by atoms with Gasteiger partial charge in [0.25, 0.3) is 0 Å². The smallest absolute Gasteiger partial charge is 0.266 e.